The second kappa shape index (κ2) is 6.54. The topological polar surface area (TPSA) is 54.4 Å². The van der Waals surface area contributed by atoms with Crippen molar-refractivity contribution in [2.45, 2.75) is 55.3 Å². The number of rotatable bonds is 3. The van der Waals surface area contributed by atoms with E-state index in [1.807, 2.05) is 13.0 Å². The Kier molecular flexibility index (Phi) is 4.73. The highest BCUT2D eigenvalue weighted by Crippen LogP contribution is 2.34. The van der Waals surface area contributed by atoms with E-state index in [1.165, 1.54) is 6.07 Å². The Balaban J connectivity index is 1.84. The number of benzene rings is 2. The number of hydrogen-bond donors (Lipinski definition) is 1. The molecule has 2 aromatic carbocycles. The number of aliphatic hydroxyl groups is 1. The monoisotopic (exact) mass is 362 g/mol. The number of halogens is 1. The van der Waals surface area contributed by atoms with E-state index in [9.17, 15) is 17.9 Å². The zero-order valence-electron chi connectivity index (χ0n) is 14.5. The molecule has 0 atom stereocenters. The summed E-state index contributed by atoms with van der Waals surface area (Å²) in [4.78, 5) is 0.260. The Hall–Kier alpha value is -1.72. The fraction of sp³-hybridized carbons (Fsp3) is 0.400. The minimum atomic E-state index is -3.43. The third kappa shape index (κ3) is 3.77. The molecule has 0 saturated heterocycles. The molecule has 134 valence electrons. The van der Waals surface area contributed by atoms with E-state index >= 15 is 0 Å². The van der Waals surface area contributed by atoms with Crippen LogP contribution in [0.1, 0.15) is 38.2 Å². The molecular formula is C20H23FO3S. The molecule has 0 bridgehead atoms. The van der Waals surface area contributed by atoms with Gasteiger partial charge in [-0.25, -0.2) is 12.8 Å². The first-order valence-corrected chi connectivity index (χ1v) is 10.1. The van der Waals surface area contributed by atoms with Crippen LogP contribution >= 0.6 is 0 Å². The second-order valence-electron chi connectivity index (χ2n) is 7.25. The summed E-state index contributed by atoms with van der Waals surface area (Å²) in [6, 6.07) is 11.4. The predicted molar refractivity (Wildman–Crippen MR) is 96.6 cm³/mol. The first kappa shape index (κ1) is 18.1. The number of aryl methyl sites for hydroxylation is 1. The van der Waals surface area contributed by atoms with Crippen LogP contribution in [-0.4, -0.2) is 24.4 Å². The van der Waals surface area contributed by atoms with Crippen molar-refractivity contribution in [3.05, 3.63) is 53.8 Å². The van der Waals surface area contributed by atoms with Crippen molar-refractivity contribution in [3.8, 4) is 11.1 Å². The van der Waals surface area contributed by atoms with E-state index < -0.39 is 20.7 Å². The van der Waals surface area contributed by atoms with Gasteiger partial charge in [0.15, 0.2) is 9.84 Å². The van der Waals surface area contributed by atoms with Crippen molar-refractivity contribution in [3.63, 3.8) is 0 Å². The van der Waals surface area contributed by atoms with Crippen LogP contribution in [0.2, 0.25) is 0 Å². The highest BCUT2D eigenvalue weighted by Gasteiger charge is 2.36. The maximum Gasteiger partial charge on any atom is 0.181 e. The van der Waals surface area contributed by atoms with Crippen LogP contribution in [0.5, 0.6) is 0 Å². The Labute approximate surface area is 148 Å². The van der Waals surface area contributed by atoms with Crippen molar-refractivity contribution in [2.24, 2.45) is 0 Å². The Bertz CT molecular complexity index is 860. The molecule has 0 radical (unpaired) electrons. The predicted octanol–water partition coefficient (Wildman–Crippen LogP) is 4.27. The molecule has 3 rings (SSSR count). The summed E-state index contributed by atoms with van der Waals surface area (Å²) in [6.07, 6.45) is 1.90. The van der Waals surface area contributed by atoms with E-state index in [4.69, 9.17) is 0 Å². The van der Waals surface area contributed by atoms with Crippen molar-refractivity contribution in [1.29, 1.82) is 0 Å². The highest BCUT2D eigenvalue weighted by molar-refractivity contribution is 7.92. The molecule has 1 aliphatic rings. The van der Waals surface area contributed by atoms with Gasteiger partial charge in [-0.05, 0) is 68.9 Å². The van der Waals surface area contributed by atoms with Crippen molar-refractivity contribution in [1.82, 2.24) is 0 Å². The van der Waals surface area contributed by atoms with E-state index in [1.54, 1.807) is 37.3 Å². The fourth-order valence-corrected chi connectivity index (χ4v) is 5.15. The summed E-state index contributed by atoms with van der Waals surface area (Å²) >= 11 is 0. The van der Waals surface area contributed by atoms with Crippen LogP contribution in [0.25, 0.3) is 11.1 Å². The SMILES string of the molecule is Cc1ccc(-c2ccc(S(=O)(=O)C3CCC(C)(O)CC3)cc2)c(F)c1. The van der Waals surface area contributed by atoms with Gasteiger partial charge in [-0.3, -0.25) is 0 Å². The molecule has 5 heteroatoms. The smallest absolute Gasteiger partial charge is 0.181 e. The Morgan fingerprint density at radius 2 is 1.68 bits per heavy atom. The third-order valence-electron chi connectivity index (χ3n) is 5.07. The van der Waals surface area contributed by atoms with Crippen molar-refractivity contribution >= 4 is 9.84 Å². The first-order valence-electron chi connectivity index (χ1n) is 8.52. The van der Waals surface area contributed by atoms with E-state index in [0.717, 1.165) is 5.56 Å². The zero-order valence-corrected chi connectivity index (χ0v) is 15.3. The highest BCUT2D eigenvalue weighted by atomic mass is 32.2. The molecular weight excluding hydrogens is 339 g/mol. The average Bonchev–Trinajstić information content (AvgIpc) is 2.54. The van der Waals surface area contributed by atoms with Crippen LogP contribution in [0.4, 0.5) is 4.39 Å². The molecule has 1 aliphatic carbocycles. The molecule has 0 aromatic heterocycles. The Morgan fingerprint density at radius 1 is 1.08 bits per heavy atom. The van der Waals surface area contributed by atoms with Gasteiger partial charge in [0.25, 0.3) is 0 Å². The lowest BCUT2D eigenvalue weighted by Crippen LogP contribution is -2.36. The summed E-state index contributed by atoms with van der Waals surface area (Å²) in [7, 11) is -3.43. The maximum absolute atomic E-state index is 14.1. The molecule has 0 spiro atoms. The largest absolute Gasteiger partial charge is 0.390 e. The van der Waals surface area contributed by atoms with Gasteiger partial charge >= 0.3 is 0 Å². The van der Waals surface area contributed by atoms with Crippen molar-refractivity contribution < 1.29 is 17.9 Å². The van der Waals surface area contributed by atoms with Gasteiger partial charge in [-0.1, -0.05) is 24.3 Å². The summed E-state index contributed by atoms with van der Waals surface area (Å²) in [6.45, 7) is 3.57. The van der Waals surface area contributed by atoms with Gasteiger partial charge in [0.2, 0.25) is 0 Å². The van der Waals surface area contributed by atoms with Crippen LogP contribution in [-0.2, 0) is 9.84 Å². The van der Waals surface area contributed by atoms with E-state index in [-0.39, 0.29) is 10.7 Å². The normalized spacial score (nSPS) is 24.2. The summed E-state index contributed by atoms with van der Waals surface area (Å²) in [5.74, 6) is -0.315. The zero-order chi connectivity index (χ0) is 18.2. The van der Waals surface area contributed by atoms with Gasteiger partial charge in [0, 0.05) is 5.56 Å². The molecule has 25 heavy (non-hydrogen) atoms. The lowest BCUT2D eigenvalue weighted by Gasteiger charge is -2.32. The van der Waals surface area contributed by atoms with Crippen LogP contribution in [0.15, 0.2) is 47.4 Å². The van der Waals surface area contributed by atoms with Crippen molar-refractivity contribution in [2.75, 3.05) is 0 Å². The van der Waals surface area contributed by atoms with Crippen LogP contribution in [0, 0.1) is 12.7 Å². The minimum absolute atomic E-state index is 0.260. The average molecular weight is 362 g/mol. The molecule has 0 aliphatic heterocycles. The van der Waals surface area contributed by atoms with Gasteiger partial charge < -0.3 is 5.11 Å². The van der Waals surface area contributed by atoms with Gasteiger partial charge in [0.1, 0.15) is 5.82 Å². The lowest BCUT2D eigenvalue weighted by molar-refractivity contribution is 0.0234. The maximum atomic E-state index is 14.1. The molecule has 0 amide bonds. The molecule has 0 unspecified atom stereocenters. The summed E-state index contributed by atoms with van der Waals surface area (Å²) < 4.78 is 39.7. The van der Waals surface area contributed by atoms with Crippen LogP contribution < -0.4 is 0 Å². The molecule has 3 nitrogen and oxygen atoms in total. The molecule has 1 N–H and O–H groups in total. The summed E-state index contributed by atoms with van der Waals surface area (Å²) in [5, 5.41) is 9.54. The molecule has 0 heterocycles. The minimum Gasteiger partial charge on any atom is -0.390 e. The van der Waals surface area contributed by atoms with Gasteiger partial charge in [-0.15, -0.1) is 0 Å². The van der Waals surface area contributed by atoms with E-state index in [0.29, 0.717) is 36.8 Å². The molecule has 1 fully saturated rings. The number of hydrogen-bond acceptors (Lipinski definition) is 3. The van der Waals surface area contributed by atoms with Crippen LogP contribution in [0.3, 0.4) is 0 Å². The summed E-state index contributed by atoms with van der Waals surface area (Å²) in [5.41, 5.74) is 1.19. The van der Waals surface area contributed by atoms with Gasteiger partial charge in [0.05, 0.1) is 15.7 Å². The molecule has 1 saturated carbocycles. The molecule has 2 aromatic rings. The fourth-order valence-electron chi connectivity index (χ4n) is 3.39. The second-order valence-corrected chi connectivity index (χ2v) is 9.48. The van der Waals surface area contributed by atoms with Gasteiger partial charge in [-0.2, -0.15) is 0 Å². The standard InChI is InChI=1S/C20H23FO3S/c1-14-3-8-18(19(21)13-14)15-4-6-16(7-5-15)25(23,24)17-9-11-20(2,22)12-10-17/h3-8,13,17,22H,9-12H2,1-2H3. The number of sulfone groups is 1. The quantitative estimate of drug-likeness (QED) is 0.887. The van der Waals surface area contributed by atoms with E-state index in [2.05, 4.69) is 0 Å². The lowest BCUT2D eigenvalue weighted by atomic mass is 9.86. The first-order chi connectivity index (χ1) is 11.7. The Morgan fingerprint density at radius 3 is 2.24 bits per heavy atom. The third-order valence-corrected chi connectivity index (χ3v) is 7.35.